The monoisotopic (exact) mass is 252 g/mol. The van der Waals surface area contributed by atoms with E-state index >= 15 is 0 Å². The van der Waals surface area contributed by atoms with Crippen LogP contribution in [0.4, 0.5) is 10.1 Å². The van der Waals surface area contributed by atoms with E-state index in [2.05, 4.69) is 4.98 Å². The molecule has 4 nitrogen and oxygen atoms in total. The van der Waals surface area contributed by atoms with Crippen LogP contribution in [0, 0.1) is 17.1 Å². The largest absolute Gasteiger partial charge is 0.398 e. The van der Waals surface area contributed by atoms with Crippen molar-refractivity contribution in [3.63, 3.8) is 0 Å². The number of fused-ring (bicyclic) bond motifs is 1. The first-order valence-electron chi connectivity index (χ1n) is 5.62. The summed E-state index contributed by atoms with van der Waals surface area (Å²) in [7, 11) is 0. The minimum atomic E-state index is -0.350. The number of rotatable bonds is 1. The van der Waals surface area contributed by atoms with Gasteiger partial charge in [0.15, 0.2) is 5.69 Å². The van der Waals surface area contributed by atoms with E-state index in [1.807, 2.05) is 6.07 Å². The molecule has 0 aliphatic rings. The van der Waals surface area contributed by atoms with Gasteiger partial charge < -0.3 is 5.73 Å². The Morgan fingerprint density at radius 2 is 2.11 bits per heavy atom. The molecule has 19 heavy (non-hydrogen) atoms. The Morgan fingerprint density at radius 3 is 2.84 bits per heavy atom. The van der Waals surface area contributed by atoms with Crippen molar-refractivity contribution in [3.8, 4) is 17.5 Å². The van der Waals surface area contributed by atoms with Crippen LogP contribution in [0.15, 0.2) is 42.6 Å². The molecule has 0 saturated carbocycles. The van der Waals surface area contributed by atoms with Crippen molar-refractivity contribution in [3.05, 3.63) is 54.1 Å². The van der Waals surface area contributed by atoms with Crippen LogP contribution < -0.4 is 5.73 Å². The van der Waals surface area contributed by atoms with Crippen LogP contribution in [0.1, 0.15) is 5.69 Å². The van der Waals surface area contributed by atoms with E-state index in [1.54, 1.807) is 34.9 Å². The fourth-order valence-electron chi connectivity index (χ4n) is 2.02. The van der Waals surface area contributed by atoms with Gasteiger partial charge in [0.1, 0.15) is 17.7 Å². The second kappa shape index (κ2) is 4.10. The maximum absolute atomic E-state index is 13.3. The lowest BCUT2D eigenvalue weighted by Gasteiger charge is -2.02. The third-order valence-corrected chi connectivity index (χ3v) is 2.85. The van der Waals surface area contributed by atoms with Crippen molar-refractivity contribution >= 4 is 11.2 Å². The summed E-state index contributed by atoms with van der Waals surface area (Å²) in [5, 5.41) is 9.09. The number of anilines is 1. The third kappa shape index (κ3) is 1.79. The maximum atomic E-state index is 13.3. The Bertz CT molecular complexity index is 814. The molecule has 2 N–H and O–H groups in total. The van der Waals surface area contributed by atoms with E-state index in [9.17, 15) is 4.39 Å². The second-order valence-electron chi connectivity index (χ2n) is 4.12. The number of pyridine rings is 1. The lowest BCUT2D eigenvalue weighted by atomic mass is 10.2. The molecule has 0 aliphatic heterocycles. The molecule has 0 spiro atoms. The first kappa shape index (κ1) is 11.2. The minimum Gasteiger partial charge on any atom is -0.398 e. The minimum absolute atomic E-state index is 0.291. The molecule has 3 aromatic rings. The number of nitrogens with zero attached hydrogens (tertiary/aromatic N) is 3. The standard InChI is InChI=1S/C14H9FN4/c15-10-3-1-2-9(6-10)14-18-12(7-16)13-5-4-11(17)8-19(13)14/h1-6,8H,17H2. The highest BCUT2D eigenvalue weighted by Gasteiger charge is 2.12. The molecular formula is C14H9FN4. The molecule has 0 bridgehead atoms. The quantitative estimate of drug-likeness (QED) is 0.723. The Hall–Kier alpha value is -2.87. The second-order valence-corrected chi connectivity index (χ2v) is 4.12. The summed E-state index contributed by atoms with van der Waals surface area (Å²) in [5.41, 5.74) is 7.83. The van der Waals surface area contributed by atoms with Gasteiger partial charge in [0.05, 0.1) is 5.52 Å². The topological polar surface area (TPSA) is 67.1 Å². The van der Waals surface area contributed by atoms with Crippen LogP contribution in [0.5, 0.6) is 0 Å². The van der Waals surface area contributed by atoms with Gasteiger partial charge in [-0.15, -0.1) is 0 Å². The summed E-state index contributed by atoms with van der Waals surface area (Å²) in [6.45, 7) is 0. The van der Waals surface area contributed by atoms with Crippen molar-refractivity contribution in [2.45, 2.75) is 0 Å². The molecule has 1 aromatic carbocycles. The van der Waals surface area contributed by atoms with Crippen LogP contribution in [-0.4, -0.2) is 9.38 Å². The molecule has 92 valence electrons. The zero-order valence-corrected chi connectivity index (χ0v) is 9.84. The Balaban J connectivity index is 2.35. The van der Waals surface area contributed by atoms with Crippen molar-refractivity contribution in [2.24, 2.45) is 0 Å². The summed E-state index contributed by atoms with van der Waals surface area (Å²) in [5.74, 6) is 0.148. The van der Waals surface area contributed by atoms with Gasteiger partial charge in [-0.3, -0.25) is 4.40 Å². The van der Waals surface area contributed by atoms with E-state index in [-0.39, 0.29) is 5.82 Å². The fourth-order valence-corrected chi connectivity index (χ4v) is 2.02. The van der Waals surface area contributed by atoms with Gasteiger partial charge in [-0.2, -0.15) is 5.26 Å². The van der Waals surface area contributed by atoms with Crippen molar-refractivity contribution < 1.29 is 4.39 Å². The highest BCUT2D eigenvalue weighted by atomic mass is 19.1. The number of benzene rings is 1. The van der Waals surface area contributed by atoms with Gasteiger partial charge in [0.2, 0.25) is 0 Å². The predicted octanol–water partition coefficient (Wildman–Crippen LogP) is 2.59. The zero-order chi connectivity index (χ0) is 13.4. The molecule has 0 unspecified atom stereocenters. The fraction of sp³-hybridized carbons (Fsp3) is 0. The van der Waals surface area contributed by atoms with Crippen molar-refractivity contribution in [2.75, 3.05) is 5.73 Å². The highest BCUT2D eigenvalue weighted by Crippen LogP contribution is 2.24. The third-order valence-electron chi connectivity index (χ3n) is 2.85. The Morgan fingerprint density at radius 1 is 1.26 bits per heavy atom. The van der Waals surface area contributed by atoms with E-state index in [0.717, 1.165) is 0 Å². The Labute approximate surface area is 108 Å². The van der Waals surface area contributed by atoms with Crippen LogP contribution in [0.3, 0.4) is 0 Å². The average Bonchev–Trinajstić information content (AvgIpc) is 2.76. The number of halogens is 1. The lowest BCUT2D eigenvalue weighted by molar-refractivity contribution is 0.628. The SMILES string of the molecule is N#Cc1nc(-c2cccc(F)c2)n2cc(N)ccc12. The number of imidazole rings is 1. The Kier molecular flexibility index (Phi) is 2.43. The summed E-state index contributed by atoms with van der Waals surface area (Å²) < 4.78 is 15.0. The number of nitriles is 1. The van der Waals surface area contributed by atoms with Crippen LogP contribution in [-0.2, 0) is 0 Å². The van der Waals surface area contributed by atoms with Gasteiger partial charge in [-0.25, -0.2) is 9.37 Å². The molecule has 0 radical (unpaired) electrons. The van der Waals surface area contributed by atoms with Gasteiger partial charge in [-0.1, -0.05) is 12.1 Å². The molecular weight excluding hydrogens is 243 g/mol. The maximum Gasteiger partial charge on any atom is 0.166 e. The van der Waals surface area contributed by atoms with E-state index < -0.39 is 0 Å². The lowest BCUT2D eigenvalue weighted by Crippen LogP contribution is -1.93. The van der Waals surface area contributed by atoms with E-state index in [0.29, 0.717) is 28.3 Å². The molecule has 0 saturated heterocycles. The van der Waals surface area contributed by atoms with Crippen LogP contribution >= 0.6 is 0 Å². The van der Waals surface area contributed by atoms with Gasteiger partial charge in [0, 0.05) is 17.4 Å². The molecule has 2 aromatic heterocycles. The van der Waals surface area contributed by atoms with Crippen molar-refractivity contribution in [1.29, 1.82) is 5.26 Å². The number of aromatic nitrogens is 2. The summed E-state index contributed by atoms with van der Waals surface area (Å²) in [6.07, 6.45) is 1.67. The van der Waals surface area contributed by atoms with Gasteiger partial charge >= 0.3 is 0 Å². The summed E-state index contributed by atoms with van der Waals surface area (Å²) in [4.78, 5) is 4.24. The molecule has 0 atom stereocenters. The van der Waals surface area contributed by atoms with Gasteiger partial charge in [0.25, 0.3) is 0 Å². The van der Waals surface area contributed by atoms with Crippen LogP contribution in [0.2, 0.25) is 0 Å². The zero-order valence-electron chi connectivity index (χ0n) is 9.84. The van der Waals surface area contributed by atoms with Crippen LogP contribution in [0.25, 0.3) is 16.9 Å². The number of nitrogens with two attached hydrogens (primary N) is 1. The molecule has 3 rings (SSSR count). The predicted molar refractivity (Wildman–Crippen MR) is 69.7 cm³/mol. The number of hydrogen-bond acceptors (Lipinski definition) is 3. The van der Waals surface area contributed by atoms with E-state index in [4.69, 9.17) is 11.0 Å². The molecule has 0 amide bonds. The van der Waals surface area contributed by atoms with Crippen molar-refractivity contribution in [1.82, 2.24) is 9.38 Å². The number of nitrogen functional groups attached to an aromatic ring is 1. The van der Waals surface area contributed by atoms with E-state index in [1.165, 1.54) is 12.1 Å². The van der Waals surface area contributed by atoms with Gasteiger partial charge in [-0.05, 0) is 24.3 Å². The molecule has 0 fully saturated rings. The first-order chi connectivity index (χ1) is 9.19. The normalized spacial score (nSPS) is 10.5. The first-order valence-corrected chi connectivity index (χ1v) is 5.62. The molecule has 0 aliphatic carbocycles. The summed E-state index contributed by atoms with van der Waals surface area (Å²) >= 11 is 0. The average molecular weight is 252 g/mol. The number of hydrogen-bond donors (Lipinski definition) is 1. The molecule has 5 heteroatoms. The highest BCUT2D eigenvalue weighted by molar-refractivity contribution is 5.69. The molecule has 2 heterocycles. The summed E-state index contributed by atoms with van der Waals surface area (Å²) in [6, 6.07) is 11.5. The smallest absolute Gasteiger partial charge is 0.166 e.